The largest absolute Gasteiger partial charge is 0.485 e. The molecule has 0 atom stereocenters. The molecule has 9 nitrogen and oxygen atoms in total. The van der Waals surface area contributed by atoms with Crippen molar-refractivity contribution in [2.75, 3.05) is 5.01 Å². The van der Waals surface area contributed by atoms with Gasteiger partial charge in [0, 0.05) is 11.6 Å². The van der Waals surface area contributed by atoms with Gasteiger partial charge < -0.3 is 9.63 Å². The third-order valence-electron chi connectivity index (χ3n) is 4.01. The van der Waals surface area contributed by atoms with Crippen molar-refractivity contribution in [3.8, 4) is 11.3 Å². The number of nitro groups is 1. The fourth-order valence-corrected chi connectivity index (χ4v) is 3.43. The topological polar surface area (TPSA) is 122 Å². The van der Waals surface area contributed by atoms with Crippen LogP contribution in [-0.4, -0.2) is 26.3 Å². The molecular weight excluding hydrogens is 455 g/mol. The molecule has 3 rings (SSSR count). The molecule has 0 aliphatic heterocycles. The van der Waals surface area contributed by atoms with Crippen LogP contribution < -0.4 is 10.4 Å². The number of carbonyl (C=O) groups is 1. The number of nitrogens with zero attached hydrogens (tertiary/aromatic N) is 3. The molecule has 3 aromatic rings. The highest BCUT2D eigenvalue weighted by Crippen LogP contribution is 2.37. The summed E-state index contributed by atoms with van der Waals surface area (Å²) in [6.07, 6.45) is 0. The van der Waals surface area contributed by atoms with Crippen LogP contribution in [0.3, 0.4) is 0 Å². The monoisotopic (exact) mass is 466 g/mol. The number of rotatable bonds is 4. The first-order valence-electron chi connectivity index (χ1n) is 8.20. The number of carbonyl (C=O) groups excluding carboxylic acids is 1. The molecule has 30 heavy (non-hydrogen) atoms. The summed E-state index contributed by atoms with van der Waals surface area (Å²) >= 11 is 17.2. The molecular formula is C18H12Cl2N4O5S. The molecule has 1 amide bonds. The van der Waals surface area contributed by atoms with Gasteiger partial charge in [-0.1, -0.05) is 46.6 Å². The highest BCUT2D eigenvalue weighted by molar-refractivity contribution is 7.80. The summed E-state index contributed by atoms with van der Waals surface area (Å²) in [5.74, 6) is -0.681. The van der Waals surface area contributed by atoms with Crippen molar-refractivity contribution in [2.45, 2.75) is 6.92 Å². The standard InChI is InChI=1S/C18H12Cl2N4O5S/c1-9-14(16(22-29-9)15-10(19)5-4-6-11(15)20)17(25)21-23(18(26)30)12-7-2-3-8-13(12)24(27)28/h2-8H,1H3,(H,21,25)(H,26,30). The molecule has 154 valence electrons. The predicted molar refractivity (Wildman–Crippen MR) is 115 cm³/mol. The number of aliphatic hydroxyl groups is 1. The van der Waals surface area contributed by atoms with E-state index in [0.717, 1.165) is 0 Å². The van der Waals surface area contributed by atoms with E-state index in [9.17, 15) is 20.0 Å². The molecule has 0 saturated carbocycles. The predicted octanol–water partition coefficient (Wildman–Crippen LogP) is 4.86. The van der Waals surface area contributed by atoms with Gasteiger partial charge in [-0.15, -0.1) is 0 Å². The number of aromatic nitrogens is 1. The van der Waals surface area contributed by atoms with Crippen LogP contribution in [0.5, 0.6) is 0 Å². The molecule has 0 bridgehead atoms. The maximum Gasteiger partial charge on any atom is 0.294 e. The van der Waals surface area contributed by atoms with E-state index < -0.39 is 16.0 Å². The minimum atomic E-state index is -0.816. The Labute approximate surface area is 184 Å². The molecule has 1 heterocycles. The third kappa shape index (κ3) is 4.06. The molecule has 0 fully saturated rings. The van der Waals surface area contributed by atoms with E-state index >= 15 is 0 Å². The number of hydrogen-bond donors (Lipinski definition) is 2. The second kappa shape index (κ2) is 8.66. The third-order valence-corrected chi connectivity index (χ3v) is 4.83. The van der Waals surface area contributed by atoms with Crippen LogP contribution in [0.25, 0.3) is 11.3 Å². The Morgan fingerprint density at radius 3 is 2.47 bits per heavy atom. The molecule has 0 radical (unpaired) electrons. The molecule has 2 aromatic carbocycles. The minimum absolute atomic E-state index is 0.0372. The van der Waals surface area contributed by atoms with E-state index in [-0.39, 0.29) is 44.0 Å². The summed E-state index contributed by atoms with van der Waals surface area (Å²) < 4.78 is 5.14. The number of para-hydroxylation sites is 2. The lowest BCUT2D eigenvalue weighted by Gasteiger charge is -2.22. The van der Waals surface area contributed by atoms with Crippen LogP contribution in [0.4, 0.5) is 11.4 Å². The van der Waals surface area contributed by atoms with Crippen LogP contribution >= 0.6 is 35.4 Å². The summed E-state index contributed by atoms with van der Waals surface area (Å²) in [6.45, 7) is 1.49. The maximum absolute atomic E-state index is 13.0. The maximum atomic E-state index is 13.0. The average molecular weight is 467 g/mol. The Hall–Kier alpha value is -3.21. The van der Waals surface area contributed by atoms with Gasteiger partial charge in [-0.2, -0.15) is 0 Å². The zero-order valence-corrected chi connectivity index (χ0v) is 17.5. The van der Waals surface area contributed by atoms with Gasteiger partial charge in [0.25, 0.3) is 16.8 Å². The molecule has 0 spiro atoms. The zero-order chi connectivity index (χ0) is 22.0. The normalized spacial score (nSPS) is 10.5. The van der Waals surface area contributed by atoms with Crippen LogP contribution in [-0.2, 0) is 0 Å². The van der Waals surface area contributed by atoms with Crippen LogP contribution in [0.15, 0.2) is 47.0 Å². The van der Waals surface area contributed by atoms with Gasteiger partial charge in [-0.25, -0.2) is 5.01 Å². The number of nitrogens with one attached hydrogen (secondary N) is 1. The molecule has 0 aliphatic carbocycles. The number of hydrogen-bond acceptors (Lipinski definition) is 6. The number of hydrazine groups is 1. The second-order valence-corrected chi connectivity index (χ2v) is 7.04. The van der Waals surface area contributed by atoms with Crippen molar-refractivity contribution in [1.82, 2.24) is 10.6 Å². The first kappa shape index (κ1) is 21.5. The van der Waals surface area contributed by atoms with Crippen LogP contribution in [0.2, 0.25) is 10.0 Å². The summed E-state index contributed by atoms with van der Waals surface area (Å²) in [5, 5.41) is 25.5. The lowest BCUT2D eigenvalue weighted by molar-refractivity contribution is -0.384. The first-order valence-corrected chi connectivity index (χ1v) is 9.37. The second-order valence-electron chi connectivity index (χ2n) is 5.86. The lowest BCUT2D eigenvalue weighted by atomic mass is 10.1. The Morgan fingerprint density at radius 1 is 1.23 bits per heavy atom. The van der Waals surface area contributed by atoms with E-state index in [4.69, 9.17) is 39.9 Å². The van der Waals surface area contributed by atoms with Gasteiger partial charge in [0.05, 0.1) is 15.0 Å². The fourth-order valence-electron chi connectivity index (χ4n) is 2.71. The highest BCUT2D eigenvalue weighted by atomic mass is 35.5. The molecule has 0 aliphatic rings. The summed E-state index contributed by atoms with van der Waals surface area (Å²) in [5.41, 5.74) is 2.10. The first-order chi connectivity index (χ1) is 14.2. The Kier molecular flexibility index (Phi) is 6.20. The lowest BCUT2D eigenvalue weighted by Crippen LogP contribution is -2.46. The van der Waals surface area contributed by atoms with E-state index in [1.54, 1.807) is 18.2 Å². The minimum Gasteiger partial charge on any atom is -0.485 e. The number of benzene rings is 2. The number of anilines is 1. The van der Waals surface area contributed by atoms with E-state index in [2.05, 4.69) is 10.6 Å². The van der Waals surface area contributed by atoms with E-state index in [1.165, 1.54) is 31.2 Å². The molecule has 2 N–H and O–H groups in total. The Morgan fingerprint density at radius 2 is 1.87 bits per heavy atom. The number of thiocarbonyl (C=S) groups is 1. The summed E-state index contributed by atoms with van der Waals surface area (Å²) in [4.78, 5) is 23.7. The van der Waals surface area contributed by atoms with Gasteiger partial charge in [0.2, 0.25) is 0 Å². The van der Waals surface area contributed by atoms with E-state index in [1.807, 2.05) is 0 Å². The van der Waals surface area contributed by atoms with Gasteiger partial charge in [-0.3, -0.25) is 20.3 Å². The van der Waals surface area contributed by atoms with Crippen molar-refractivity contribution < 1.29 is 19.3 Å². The number of nitro benzene ring substituents is 1. The molecule has 0 saturated heterocycles. The van der Waals surface area contributed by atoms with Crippen molar-refractivity contribution in [2.24, 2.45) is 0 Å². The van der Waals surface area contributed by atoms with Crippen LogP contribution in [0, 0.1) is 17.0 Å². The zero-order valence-electron chi connectivity index (χ0n) is 15.1. The highest BCUT2D eigenvalue weighted by Gasteiger charge is 2.29. The fraction of sp³-hybridized carbons (Fsp3) is 0.0556. The molecule has 0 unspecified atom stereocenters. The SMILES string of the molecule is Cc1onc(-c2c(Cl)cccc2Cl)c1C(=O)NN(C(O)=S)c1ccccc1[N+](=O)[O-]. The van der Waals surface area contributed by atoms with Crippen LogP contribution in [0.1, 0.15) is 16.1 Å². The number of aliphatic hydroxyl groups excluding tert-OH is 1. The summed E-state index contributed by atoms with van der Waals surface area (Å²) in [6, 6.07) is 10.2. The smallest absolute Gasteiger partial charge is 0.294 e. The summed E-state index contributed by atoms with van der Waals surface area (Å²) in [7, 11) is 0. The van der Waals surface area contributed by atoms with Crippen molar-refractivity contribution in [3.63, 3.8) is 0 Å². The van der Waals surface area contributed by atoms with Crippen molar-refractivity contribution >= 4 is 57.9 Å². The Balaban J connectivity index is 2.05. The van der Waals surface area contributed by atoms with Gasteiger partial charge in [0.15, 0.2) is 0 Å². The number of amides is 1. The number of aryl methyl sites for hydroxylation is 1. The van der Waals surface area contributed by atoms with Gasteiger partial charge >= 0.3 is 0 Å². The van der Waals surface area contributed by atoms with Gasteiger partial charge in [0.1, 0.15) is 22.7 Å². The molecule has 1 aromatic heterocycles. The number of halogens is 2. The van der Waals surface area contributed by atoms with E-state index in [0.29, 0.717) is 5.01 Å². The van der Waals surface area contributed by atoms with Crippen molar-refractivity contribution in [3.05, 3.63) is 73.9 Å². The van der Waals surface area contributed by atoms with Crippen molar-refractivity contribution in [1.29, 1.82) is 0 Å². The molecule has 12 heteroatoms. The Bertz CT molecular complexity index is 1150. The average Bonchev–Trinajstić information content (AvgIpc) is 3.06. The van der Waals surface area contributed by atoms with Gasteiger partial charge in [-0.05, 0) is 37.3 Å². The quantitative estimate of drug-likeness (QED) is 0.317.